The van der Waals surface area contributed by atoms with Gasteiger partial charge in [0, 0.05) is 21.2 Å². The molecule has 0 saturated carbocycles. The standard InChI is InChI=1S/C11H10Cl4N2O3/c1-6(8-4-7(12)2-3-9(8)18)16-10(5-17(19)20)11(13,14)15/h2-4,10,18H,5H2,1H3. The van der Waals surface area contributed by atoms with E-state index < -0.39 is 21.3 Å². The average Bonchev–Trinajstić information content (AvgIpc) is 2.29. The van der Waals surface area contributed by atoms with Gasteiger partial charge in [0.15, 0.2) is 6.04 Å². The zero-order chi connectivity index (χ0) is 15.5. The molecule has 0 saturated heterocycles. The summed E-state index contributed by atoms with van der Waals surface area (Å²) in [5, 5.41) is 20.7. The van der Waals surface area contributed by atoms with E-state index in [1.165, 1.54) is 25.1 Å². The van der Waals surface area contributed by atoms with Crippen LogP contribution in [0.2, 0.25) is 5.02 Å². The Morgan fingerprint density at radius 2 is 2.10 bits per heavy atom. The smallest absolute Gasteiger partial charge is 0.230 e. The van der Waals surface area contributed by atoms with E-state index in [0.717, 1.165) is 0 Å². The van der Waals surface area contributed by atoms with Crippen molar-refractivity contribution in [1.82, 2.24) is 0 Å². The molecule has 9 heteroatoms. The summed E-state index contributed by atoms with van der Waals surface area (Å²) in [4.78, 5) is 14.0. The van der Waals surface area contributed by atoms with Gasteiger partial charge in [-0.25, -0.2) is 0 Å². The maximum absolute atomic E-state index is 10.6. The Labute approximate surface area is 135 Å². The van der Waals surface area contributed by atoms with Crippen LogP contribution in [0.1, 0.15) is 12.5 Å². The molecular formula is C11H10Cl4N2O3. The normalized spacial score (nSPS) is 14.2. The predicted molar refractivity (Wildman–Crippen MR) is 81.3 cm³/mol. The molecule has 110 valence electrons. The van der Waals surface area contributed by atoms with Gasteiger partial charge in [0.05, 0.1) is 0 Å². The van der Waals surface area contributed by atoms with Crippen LogP contribution in [0.4, 0.5) is 0 Å². The first-order valence-electron chi connectivity index (χ1n) is 5.33. The Kier molecular flexibility index (Phi) is 5.89. The molecule has 1 rings (SSSR count). The molecule has 1 N–H and O–H groups in total. The van der Waals surface area contributed by atoms with Gasteiger partial charge in [0.25, 0.3) is 0 Å². The van der Waals surface area contributed by atoms with Gasteiger partial charge >= 0.3 is 0 Å². The number of rotatable bonds is 4. The second-order valence-electron chi connectivity index (χ2n) is 3.95. The number of hydrogen-bond donors (Lipinski definition) is 1. The van der Waals surface area contributed by atoms with Gasteiger partial charge in [-0.05, 0) is 25.1 Å². The molecule has 0 heterocycles. The molecule has 0 aliphatic carbocycles. The molecule has 0 bridgehead atoms. The van der Waals surface area contributed by atoms with Crippen molar-refractivity contribution in [3.8, 4) is 5.75 Å². The minimum atomic E-state index is -1.93. The van der Waals surface area contributed by atoms with E-state index in [-0.39, 0.29) is 11.5 Å². The van der Waals surface area contributed by atoms with Crippen LogP contribution in [-0.4, -0.2) is 32.1 Å². The Balaban J connectivity index is 3.16. The maximum Gasteiger partial charge on any atom is 0.230 e. The number of phenolic OH excluding ortho intramolecular Hbond substituents is 1. The first kappa shape index (κ1) is 17.3. The number of aliphatic imine (C=N–C) groups is 1. The van der Waals surface area contributed by atoms with Crippen LogP contribution in [0, 0.1) is 10.1 Å². The molecule has 20 heavy (non-hydrogen) atoms. The lowest BCUT2D eigenvalue weighted by Gasteiger charge is -2.18. The summed E-state index contributed by atoms with van der Waals surface area (Å²) in [6, 6.07) is 3.17. The predicted octanol–water partition coefficient (Wildman–Crippen LogP) is 3.87. The van der Waals surface area contributed by atoms with Crippen molar-refractivity contribution in [3.05, 3.63) is 38.9 Å². The molecule has 1 aromatic carbocycles. The summed E-state index contributed by atoms with van der Waals surface area (Å²) in [5.74, 6) is -0.0696. The van der Waals surface area contributed by atoms with Crippen molar-refractivity contribution in [1.29, 1.82) is 0 Å². The van der Waals surface area contributed by atoms with E-state index in [0.29, 0.717) is 10.6 Å². The molecular weight excluding hydrogens is 350 g/mol. The second-order valence-corrected chi connectivity index (χ2v) is 6.75. The number of nitrogens with zero attached hydrogens (tertiary/aromatic N) is 2. The highest BCUT2D eigenvalue weighted by Gasteiger charge is 2.36. The first-order chi connectivity index (χ1) is 9.11. The van der Waals surface area contributed by atoms with Crippen molar-refractivity contribution in [2.24, 2.45) is 4.99 Å². The molecule has 0 spiro atoms. The number of phenols is 1. The van der Waals surface area contributed by atoms with Gasteiger partial charge < -0.3 is 5.11 Å². The molecule has 0 aliphatic rings. The second kappa shape index (κ2) is 6.80. The minimum absolute atomic E-state index is 0.0696. The third-order valence-corrected chi connectivity index (χ3v) is 3.39. The Morgan fingerprint density at radius 3 is 2.60 bits per heavy atom. The van der Waals surface area contributed by atoms with E-state index in [1.807, 2.05) is 0 Å². The van der Waals surface area contributed by atoms with Gasteiger partial charge in [-0.3, -0.25) is 15.1 Å². The van der Waals surface area contributed by atoms with E-state index in [1.54, 1.807) is 0 Å². The molecule has 1 aromatic rings. The summed E-state index contributed by atoms with van der Waals surface area (Å²) in [5.41, 5.74) is 0.600. The highest BCUT2D eigenvalue weighted by Crippen LogP contribution is 2.33. The zero-order valence-electron chi connectivity index (χ0n) is 10.2. The number of aromatic hydroxyl groups is 1. The highest BCUT2D eigenvalue weighted by atomic mass is 35.6. The molecule has 0 amide bonds. The van der Waals surface area contributed by atoms with Crippen LogP contribution < -0.4 is 0 Å². The lowest BCUT2D eigenvalue weighted by atomic mass is 10.1. The largest absolute Gasteiger partial charge is 0.507 e. The fourth-order valence-corrected chi connectivity index (χ4v) is 1.99. The van der Waals surface area contributed by atoms with Crippen LogP contribution in [0.15, 0.2) is 23.2 Å². The SMILES string of the molecule is CC(=NC(C[N+](=O)[O-])C(Cl)(Cl)Cl)c1cc(Cl)ccc1O. The molecule has 1 atom stereocenters. The van der Waals surface area contributed by atoms with Crippen LogP contribution in [0.3, 0.4) is 0 Å². The summed E-state index contributed by atoms with van der Waals surface area (Å²) in [7, 11) is 0. The lowest BCUT2D eigenvalue weighted by Crippen LogP contribution is -2.32. The average molecular weight is 360 g/mol. The van der Waals surface area contributed by atoms with Crippen LogP contribution in [0.5, 0.6) is 5.75 Å². The Morgan fingerprint density at radius 1 is 1.50 bits per heavy atom. The van der Waals surface area contributed by atoms with Crippen LogP contribution in [-0.2, 0) is 0 Å². The Bertz CT molecular complexity index is 543. The molecule has 0 fully saturated rings. The van der Waals surface area contributed by atoms with Gasteiger partial charge in [-0.1, -0.05) is 46.4 Å². The van der Waals surface area contributed by atoms with Crippen molar-refractivity contribution in [3.63, 3.8) is 0 Å². The van der Waals surface area contributed by atoms with Gasteiger partial charge in [0.2, 0.25) is 10.3 Å². The molecule has 5 nitrogen and oxygen atoms in total. The zero-order valence-corrected chi connectivity index (χ0v) is 13.2. The van der Waals surface area contributed by atoms with E-state index >= 15 is 0 Å². The molecule has 1 unspecified atom stereocenters. The van der Waals surface area contributed by atoms with E-state index in [9.17, 15) is 15.2 Å². The van der Waals surface area contributed by atoms with Crippen LogP contribution in [0.25, 0.3) is 0 Å². The quantitative estimate of drug-likeness (QED) is 0.383. The van der Waals surface area contributed by atoms with E-state index in [4.69, 9.17) is 46.4 Å². The number of nitro groups is 1. The number of alkyl halides is 3. The number of hydrogen-bond acceptors (Lipinski definition) is 4. The van der Waals surface area contributed by atoms with Crippen molar-refractivity contribution >= 4 is 52.1 Å². The number of benzene rings is 1. The van der Waals surface area contributed by atoms with Crippen LogP contribution >= 0.6 is 46.4 Å². The molecule has 0 aliphatic heterocycles. The van der Waals surface area contributed by atoms with Gasteiger partial charge in [0.1, 0.15) is 5.75 Å². The third kappa shape index (κ3) is 4.98. The molecule has 0 radical (unpaired) electrons. The van der Waals surface area contributed by atoms with E-state index in [2.05, 4.69) is 4.99 Å². The van der Waals surface area contributed by atoms with Crippen molar-refractivity contribution < 1.29 is 10.0 Å². The summed E-state index contributed by atoms with van der Waals surface area (Å²) in [6.07, 6.45) is 0. The minimum Gasteiger partial charge on any atom is -0.507 e. The summed E-state index contributed by atoms with van der Waals surface area (Å²) < 4.78 is -1.93. The van der Waals surface area contributed by atoms with Gasteiger partial charge in [-0.15, -0.1) is 0 Å². The summed E-state index contributed by atoms with van der Waals surface area (Å²) >= 11 is 22.8. The van der Waals surface area contributed by atoms with Crippen molar-refractivity contribution in [2.45, 2.75) is 16.8 Å². The highest BCUT2D eigenvalue weighted by molar-refractivity contribution is 6.68. The first-order valence-corrected chi connectivity index (χ1v) is 6.84. The monoisotopic (exact) mass is 358 g/mol. The lowest BCUT2D eigenvalue weighted by molar-refractivity contribution is -0.482. The van der Waals surface area contributed by atoms with Gasteiger partial charge in [-0.2, -0.15) is 0 Å². The molecule has 0 aromatic heterocycles. The topological polar surface area (TPSA) is 75.7 Å². The summed E-state index contributed by atoms with van der Waals surface area (Å²) in [6.45, 7) is 0.893. The number of halogens is 4. The maximum atomic E-state index is 10.6. The fourth-order valence-electron chi connectivity index (χ4n) is 1.46. The fraction of sp³-hybridized carbons (Fsp3) is 0.364. The Hall–Kier alpha value is -0.750. The van der Waals surface area contributed by atoms with Crippen molar-refractivity contribution in [2.75, 3.05) is 6.54 Å². The third-order valence-electron chi connectivity index (χ3n) is 2.40.